The normalized spacial score (nSPS) is 20.3. The van der Waals surface area contributed by atoms with E-state index in [4.69, 9.17) is 23.2 Å². The van der Waals surface area contributed by atoms with Gasteiger partial charge < -0.3 is 5.32 Å². The van der Waals surface area contributed by atoms with Crippen molar-refractivity contribution < 1.29 is 18.0 Å². The second kappa shape index (κ2) is 8.20. The number of alkyl halides is 3. The lowest BCUT2D eigenvalue weighted by atomic mass is 9.89. The molecule has 1 aliphatic heterocycles. The van der Waals surface area contributed by atoms with Gasteiger partial charge in [-0.3, -0.25) is 4.79 Å². The van der Waals surface area contributed by atoms with E-state index in [2.05, 4.69) is 9.71 Å². The number of benzene rings is 2. The Balaban J connectivity index is 1.90. The highest BCUT2D eigenvalue weighted by Crippen LogP contribution is 2.57. The highest BCUT2D eigenvalue weighted by atomic mass is 35.5. The van der Waals surface area contributed by atoms with Crippen molar-refractivity contribution in [3.63, 3.8) is 0 Å². The molecule has 9 heteroatoms. The summed E-state index contributed by atoms with van der Waals surface area (Å²) in [5.74, 6) is -0.159. The molecule has 2 aromatic rings. The molecule has 2 aromatic carbocycles. The van der Waals surface area contributed by atoms with E-state index in [1.54, 1.807) is 24.3 Å². The number of halogens is 5. The fraction of sp³-hybridized carbons (Fsp3) is 0.300. The molecule has 0 saturated heterocycles. The molecule has 1 heterocycles. The Hall–Kier alpha value is -1.70. The molecule has 0 saturated carbocycles. The molecule has 1 aliphatic rings. The maximum atomic E-state index is 14.1. The molecule has 0 fully saturated rings. The third-order valence-electron chi connectivity index (χ3n) is 4.68. The summed E-state index contributed by atoms with van der Waals surface area (Å²) in [7, 11) is 0. The smallest absolute Gasteiger partial charge is 0.350 e. The zero-order valence-electron chi connectivity index (χ0n) is 15.5. The monoisotopic (exact) mass is 460 g/mol. The predicted octanol–water partition coefficient (Wildman–Crippen LogP) is 6.49. The predicted molar refractivity (Wildman–Crippen MR) is 112 cm³/mol. The molecule has 0 spiro atoms. The van der Waals surface area contributed by atoms with Crippen LogP contribution in [0.2, 0.25) is 10.0 Å². The summed E-state index contributed by atoms with van der Waals surface area (Å²) in [6, 6.07) is 10.7. The molecule has 0 aromatic heterocycles. The molecule has 0 aliphatic carbocycles. The molecule has 2 atom stereocenters. The van der Waals surface area contributed by atoms with Crippen LogP contribution in [0.25, 0.3) is 0 Å². The van der Waals surface area contributed by atoms with Crippen LogP contribution in [0, 0.1) is 0 Å². The first-order valence-corrected chi connectivity index (χ1v) is 10.2. The van der Waals surface area contributed by atoms with Gasteiger partial charge in [0.15, 0.2) is 4.75 Å². The average Bonchev–Trinajstić information content (AvgIpc) is 3.07. The van der Waals surface area contributed by atoms with Crippen molar-refractivity contribution >= 4 is 46.8 Å². The van der Waals surface area contributed by atoms with E-state index in [9.17, 15) is 18.0 Å². The van der Waals surface area contributed by atoms with E-state index >= 15 is 0 Å². The summed E-state index contributed by atoms with van der Waals surface area (Å²) in [4.78, 5) is 11.2. The Morgan fingerprint density at radius 2 is 1.76 bits per heavy atom. The van der Waals surface area contributed by atoms with Gasteiger partial charge in [-0.15, -0.1) is 0 Å². The fourth-order valence-corrected chi connectivity index (χ4v) is 4.69. The third kappa shape index (κ3) is 4.57. The Morgan fingerprint density at radius 1 is 1.17 bits per heavy atom. The number of nitrogens with one attached hydrogen (secondary N) is 1. The fourth-order valence-electron chi connectivity index (χ4n) is 3.20. The van der Waals surface area contributed by atoms with E-state index in [0.717, 1.165) is 5.56 Å². The van der Waals surface area contributed by atoms with Crippen molar-refractivity contribution in [2.45, 2.75) is 37.2 Å². The van der Waals surface area contributed by atoms with Crippen molar-refractivity contribution in [3.8, 4) is 0 Å². The van der Waals surface area contributed by atoms with E-state index in [1.165, 1.54) is 25.1 Å². The van der Waals surface area contributed by atoms with Gasteiger partial charge in [-0.1, -0.05) is 47.5 Å². The summed E-state index contributed by atoms with van der Waals surface area (Å²) >= 11 is 12.4. The van der Waals surface area contributed by atoms with Crippen LogP contribution in [-0.4, -0.2) is 17.8 Å². The minimum absolute atomic E-state index is 0.0258. The number of hydrogen-bond donors (Lipinski definition) is 1. The van der Waals surface area contributed by atoms with E-state index in [-0.39, 0.29) is 34.0 Å². The zero-order chi connectivity index (χ0) is 21.4. The Kier molecular flexibility index (Phi) is 6.22. The number of hydrogen-bond acceptors (Lipinski definition) is 3. The second-order valence-corrected chi connectivity index (χ2v) is 8.77. The lowest BCUT2D eigenvalue weighted by Crippen LogP contribution is -2.38. The van der Waals surface area contributed by atoms with Gasteiger partial charge in [0.2, 0.25) is 5.91 Å². The van der Waals surface area contributed by atoms with Gasteiger partial charge in [0, 0.05) is 23.4 Å². The summed E-state index contributed by atoms with van der Waals surface area (Å²) in [6.07, 6.45) is -4.89. The van der Waals surface area contributed by atoms with Crippen LogP contribution in [0.4, 0.5) is 13.2 Å². The first kappa shape index (κ1) is 22.0. The molecule has 3 rings (SSSR count). The lowest BCUT2D eigenvalue weighted by Gasteiger charge is -2.30. The van der Waals surface area contributed by atoms with Crippen molar-refractivity contribution in [2.75, 3.05) is 0 Å². The second-order valence-electron chi connectivity index (χ2n) is 6.83. The number of amides is 1. The van der Waals surface area contributed by atoms with Gasteiger partial charge in [0.1, 0.15) is 0 Å². The van der Waals surface area contributed by atoms with E-state index in [1.807, 2.05) is 6.92 Å². The van der Waals surface area contributed by atoms with Crippen molar-refractivity contribution in [1.29, 1.82) is 0 Å². The van der Waals surface area contributed by atoms with Gasteiger partial charge in [0.25, 0.3) is 0 Å². The van der Waals surface area contributed by atoms with Crippen LogP contribution in [0.1, 0.15) is 43.0 Å². The highest BCUT2D eigenvalue weighted by molar-refractivity contribution is 7.99. The molecule has 29 heavy (non-hydrogen) atoms. The summed E-state index contributed by atoms with van der Waals surface area (Å²) in [5, 5.41) is 3.05. The Labute approximate surface area is 180 Å². The van der Waals surface area contributed by atoms with Gasteiger partial charge in [-0.25, -0.2) is 4.40 Å². The zero-order valence-corrected chi connectivity index (χ0v) is 17.8. The standard InChI is InChI=1S/C20H17Cl2F3N2OS/c1-11(26-12(2)28)13-3-5-14(6-4-13)18-10-19(29-27-18,20(23,24)25)15-7-16(21)9-17(22)8-15/h3-9,11H,10H2,1-2H3,(H,26,28)/t11-,19?/m0/s1. The first-order valence-electron chi connectivity index (χ1n) is 8.67. The van der Waals surface area contributed by atoms with Crippen LogP contribution in [0.15, 0.2) is 46.9 Å². The molecule has 154 valence electrons. The number of nitrogens with zero attached hydrogens (tertiary/aromatic N) is 1. The van der Waals surface area contributed by atoms with Gasteiger partial charge in [-0.05, 0) is 53.8 Å². The number of carbonyl (C=O) groups excluding carboxylic acids is 1. The molecular weight excluding hydrogens is 444 g/mol. The van der Waals surface area contributed by atoms with Crippen LogP contribution in [-0.2, 0) is 9.54 Å². The molecular formula is C20H17Cl2F3N2OS. The van der Waals surface area contributed by atoms with E-state index in [0.29, 0.717) is 23.2 Å². The Bertz CT molecular complexity index is 943. The number of carbonyl (C=O) groups is 1. The minimum Gasteiger partial charge on any atom is -0.350 e. The minimum atomic E-state index is -4.56. The average molecular weight is 461 g/mol. The van der Waals surface area contributed by atoms with Crippen LogP contribution in [0.3, 0.4) is 0 Å². The summed E-state index contributed by atoms with van der Waals surface area (Å²) in [5.41, 5.74) is 1.75. The Morgan fingerprint density at radius 3 is 2.28 bits per heavy atom. The topological polar surface area (TPSA) is 41.5 Å². The summed E-state index contributed by atoms with van der Waals surface area (Å²) < 4.78 is 44.3. The molecule has 1 N–H and O–H groups in total. The molecule has 3 nitrogen and oxygen atoms in total. The largest absolute Gasteiger partial charge is 0.409 e. The van der Waals surface area contributed by atoms with Crippen LogP contribution in [0.5, 0.6) is 0 Å². The van der Waals surface area contributed by atoms with Crippen LogP contribution >= 0.6 is 35.1 Å². The van der Waals surface area contributed by atoms with Crippen molar-refractivity contribution in [3.05, 3.63) is 69.2 Å². The maximum Gasteiger partial charge on any atom is 0.409 e. The van der Waals surface area contributed by atoms with Gasteiger partial charge >= 0.3 is 6.18 Å². The molecule has 0 bridgehead atoms. The molecule has 0 radical (unpaired) electrons. The highest BCUT2D eigenvalue weighted by Gasteiger charge is 2.60. The van der Waals surface area contributed by atoms with E-state index < -0.39 is 10.9 Å². The molecule has 1 amide bonds. The van der Waals surface area contributed by atoms with Crippen molar-refractivity contribution in [1.82, 2.24) is 5.32 Å². The summed E-state index contributed by atoms with van der Waals surface area (Å²) in [6.45, 7) is 3.26. The van der Waals surface area contributed by atoms with Crippen LogP contribution < -0.4 is 5.32 Å². The van der Waals surface area contributed by atoms with Crippen molar-refractivity contribution in [2.24, 2.45) is 4.40 Å². The molecule has 1 unspecified atom stereocenters. The van der Waals surface area contributed by atoms with Gasteiger partial charge in [0.05, 0.1) is 11.8 Å². The lowest BCUT2D eigenvalue weighted by molar-refractivity contribution is -0.159. The first-order chi connectivity index (χ1) is 13.5. The maximum absolute atomic E-state index is 14.1. The SMILES string of the molecule is CC(=O)N[C@@H](C)c1ccc(C2=NSC(c3cc(Cl)cc(Cl)c3)(C(F)(F)F)C2)cc1. The van der Waals surface area contributed by atoms with Gasteiger partial charge in [-0.2, -0.15) is 13.2 Å². The quantitative estimate of drug-likeness (QED) is 0.529. The third-order valence-corrected chi connectivity index (χ3v) is 6.35. The number of rotatable bonds is 4.